The van der Waals surface area contributed by atoms with E-state index in [2.05, 4.69) is 0 Å². The van der Waals surface area contributed by atoms with Gasteiger partial charge >= 0.3 is 0 Å². The van der Waals surface area contributed by atoms with Crippen LogP contribution < -0.4 is 0 Å². The molecule has 0 aromatic heterocycles. The van der Waals surface area contributed by atoms with Crippen molar-refractivity contribution in [1.82, 2.24) is 0 Å². The second-order valence-electron chi connectivity index (χ2n) is 6.72. The second-order valence-corrected chi connectivity index (χ2v) is 8.32. The number of hydrogen-bond acceptors (Lipinski definition) is 3. The molecule has 4 saturated carbocycles. The van der Waals surface area contributed by atoms with Gasteiger partial charge < -0.3 is 0 Å². The van der Waals surface area contributed by atoms with Gasteiger partial charge in [-0.05, 0) is 68.6 Å². The molecule has 0 saturated heterocycles. The fourth-order valence-corrected chi connectivity index (χ4v) is 5.77. The lowest BCUT2D eigenvalue weighted by atomic mass is 9.48. The molecule has 0 aromatic carbocycles. The maximum absolute atomic E-state index is 11.3. The average Bonchev–Trinajstić information content (AvgIpc) is 2.12. The SMILES string of the molecule is CC(OS(C)(=O)=O)C12CC3CC(CC(C3)C1)C2. The Labute approximate surface area is 104 Å². The van der Waals surface area contributed by atoms with Gasteiger partial charge in [-0.3, -0.25) is 4.18 Å². The van der Waals surface area contributed by atoms with Crippen molar-refractivity contribution in [1.29, 1.82) is 0 Å². The molecule has 3 nitrogen and oxygen atoms in total. The van der Waals surface area contributed by atoms with Crippen LogP contribution >= 0.6 is 0 Å². The van der Waals surface area contributed by atoms with Crippen LogP contribution in [0.3, 0.4) is 0 Å². The average molecular weight is 258 g/mol. The zero-order chi connectivity index (χ0) is 12.3. The molecule has 17 heavy (non-hydrogen) atoms. The van der Waals surface area contributed by atoms with Crippen LogP contribution in [0.15, 0.2) is 0 Å². The highest BCUT2D eigenvalue weighted by Gasteiger charge is 2.54. The lowest BCUT2D eigenvalue weighted by Gasteiger charge is -2.58. The Bertz CT molecular complexity index is 377. The number of hydrogen-bond donors (Lipinski definition) is 0. The van der Waals surface area contributed by atoms with Crippen molar-refractivity contribution in [3.8, 4) is 0 Å². The summed E-state index contributed by atoms with van der Waals surface area (Å²) in [6.07, 6.45) is 8.75. The van der Waals surface area contributed by atoms with Gasteiger partial charge in [0.05, 0.1) is 12.4 Å². The van der Waals surface area contributed by atoms with Crippen LogP contribution in [0.25, 0.3) is 0 Å². The van der Waals surface area contributed by atoms with Crippen LogP contribution in [0.5, 0.6) is 0 Å². The quantitative estimate of drug-likeness (QED) is 0.731. The van der Waals surface area contributed by atoms with E-state index >= 15 is 0 Å². The van der Waals surface area contributed by atoms with Crippen LogP contribution in [-0.2, 0) is 14.3 Å². The van der Waals surface area contributed by atoms with E-state index in [1.165, 1.54) is 44.8 Å². The molecule has 4 aliphatic carbocycles. The van der Waals surface area contributed by atoms with Gasteiger partial charge in [0.1, 0.15) is 0 Å². The molecule has 0 aromatic rings. The molecule has 0 aliphatic heterocycles. The van der Waals surface area contributed by atoms with Gasteiger partial charge in [0.15, 0.2) is 0 Å². The summed E-state index contributed by atoms with van der Waals surface area (Å²) in [5.41, 5.74) is 0.165. The van der Waals surface area contributed by atoms with E-state index in [1.54, 1.807) is 0 Å². The van der Waals surface area contributed by atoms with Gasteiger partial charge in [0.2, 0.25) is 0 Å². The van der Waals surface area contributed by atoms with E-state index in [9.17, 15) is 8.42 Å². The highest BCUT2D eigenvalue weighted by molar-refractivity contribution is 7.86. The Hall–Kier alpha value is -0.0900. The predicted octanol–water partition coefficient (Wildman–Crippen LogP) is 2.57. The fourth-order valence-electron chi connectivity index (χ4n) is 5.04. The van der Waals surface area contributed by atoms with Gasteiger partial charge in [-0.25, -0.2) is 0 Å². The highest BCUT2D eigenvalue weighted by atomic mass is 32.2. The molecule has 4 aliphatic rings. The summed E-state index contributed by atoms with van der Waals surface area (Å²) >= 11 is 0. The zero-order valence-electron chi connectivity index (χ0n) is 10.7. The second kappa shape index (κ2) is 3.70. The summed E-state index contributed by atoms with van der Waals surface area (Å²) in [5.74, 6) is 2.52. The molecule has 4 rings (SSSR count). The summed E-state index contributed by atoms with van der Waals surface area (Å²) in [6.45, 7) is 1.97. The zero-order valence-corrected chi connectivity index (χ0v) is 11.5. The maximum Gasteiger partial charge on any atom is 0.264 e. The monoisotopic (exact) mass is 258 g/mol. The van der Waals surface area contributed by atoms with Gasteiger partial charge in [-0.15, -0.1) is 0 Å². The molecular weight excluding hydrogens is 236 g/mol. The summed E-state index contributed by atoms with van der Waals surface area (Å²) in [5, 5.41) is 0. The van der Waals surface area contributed by atoms with Gasteiger partial charge in [0.25, 0.3) is 10.1 Å². The van der Waals surface area contributed by atoms with Gasteiger partial charge in [-0.1, -0.05) is 0 Å². The standard InChI is InChI=1S/C13H22O3S/c1-9(16-17(2,14)15)13-6-10-3-11(7-13)5-12(4-10)8-13/h9-12H,3-8H2,1-2H3. The molecule has 1 atom stereocenters. The lowest BCUT2D eigenvalue weighted by molar-refractivity contribution is -0.104. The number of rotatable bonds is 3. The van der Waals surface area contributed by atoms with Gasteiger partial charge in [-0.2, -0.15) is 8.42 Å². The lowest BCUT2D eigenvalue weighted by Crippen LogP contribution is -2.51. The molecule has 4 heteroatoms. The van der Waals surface area contributed by atoms with Crippen molar-refractivity contribution in [2.75, 3.05) is 6.26 Å². The smallest absolute Gasteiger partial charge is 0.264 e. The van der Waals surface area contributed by atoms with E-state index in [0.717, 1.165) is 17.8 Å². The molecule has 4 bridgehead atoms. The Morgan fingerprint density at radius 1 is 1.06 bits per heavy atom. The first-order valence-electron chi connectivity index (χ1n) is 6.74. The van der Waals surface area contributed by atoms with E-state index in [4.69, 9.17) is 4.18 Å². The third-order valence-corrected chi connectivity index (χ3v) is 5.91. The summed E-state index contributed by atoms with van der Waals surface area (Å²) < 4.78 is 27.9. The first kappa shape index (κ1) is 12.0. The third-order valence-electron chi connectivity index (χ3n) is 5.27. The topological polar surface area (TPSA) is 43.4 Å². The molecule has 0 amide bonds. The Kier molecular flexibility index (Phi) is 2.61. The highest BCUT2D eigenvalue weighted by Crippen LogP contribution is 2.61. The third kappa shape index (κ3) is 2.14. The van der Waals surface area contributed by atoms with E-state index in [0.29, 0.717) is 0 Å². The van der Waals surface area contributed by atoms with Crippen LogP contribution in [0.1, 0.15) is 45.4 Å². The molecule has 0 spiro atoms. The molecule has 0 heterocycles. The van der Waals surface area contributed by atoms with E-state index in [1.807, 2.05) is 6.92 Å². The maximum atomic E-state index is 11.3. The van der Waals surface area contributed by atoms with Crippen LogP contribution in [0, 0.1) is 23.2 Å². The van der Waals surface area contributed by atoms with Crippen LogP contribution in [0.2, 0.25) is 0 Å². The summed E-state index contributed by atoms with van der Waals surface area (Å²) in [6, 6.07) is 0. The van der Waals surface area contributed by atoms with Gasteiger partial charge in [0, 0.05) is 0 Å². The van der Waals surface area contributed by atoms with Crippen LogP contribution in [0.4, 0.5) is 0 Å². The molecule has 4 fully saturated rings. The molecule has 0 radical (unpaired) electrons. The molecule has 1 unspecified atom stereocenters. The van der Waals surface area contributed by atoms with Crippen molar-refractivity contribution in [3.05, 3.63) is 0 Å². The van der Waals surface area contributed by atoms with Crippen molar-refractivity contribution in [2.45, 2.75) is 51.6 Å². The minimum atomic E-state index is -3.32. The largest absolute Gasteiger partial charge is 0.267 e. The van der Waals surface area contributed by atoms with Crippen molar-refractivity contribution in [3.63, 3.8) is 0 Å². The first-order chi connectivity index (χ1) is 7.86. The predicted molar refractivity (Wildman–Crippen MR) is 66.0 cm³/mol. The minimum absolute atomic E-state index is 0.133. The minimum Gasteiger partial charge on any atom is -0.267 e. The molecular formula is C13H22O3S. The molecule has 98 valence electrons. The van der Waals surface area contributed by atoms with E-state index in [-0.39, 0.29) is 11.5 Å². The van der Waals surface area contributed by atoms with Crippen LogP contribution in [-0.4, -0.2) is 20.8 Å². The van der Waals surface area contributed by atoms with Crippen molar-refractivity contribution < 1.29 is 12.6 Å². The Balaban J connectivity index is 1.82. The van der Waals surface area contributed by atoms with E-state index < -0.39 is 10.1 Å². The molecule has 0 N–H and O–H groups in total. The van der Waals surface area contributed by atoms with Crippen molar-refractivity contribution >= 4 is 10.1 Å². The Morgan fingerprint density at radius 3 is 1.82 bits per heavy atom. The Morgan fingerprint density at radius 2 is 1.47 bits per heavy atom. The summed E-state index contributed by atoms with van der Waals surface area (Å²) in [7, 11) is -3.32. The normalized spacial score (nSPS) is 46.1. The summed E-state index contributed by atoms with van der Waals surface area (Å²) in [4.78, 5) is 0. The fraction of sp³-hybridized carbons (Fsp3) is 1.00. The first-order valence-corrected chi connectivity index (χ1v) is 8.56. The van der Waals surface area contributed by atoms with Crippen molar-refractivity contribution in [2.24, 2.45) is 23.2 Å².